The number of hydrogen-bond donors (Lipinski definition) is 3. The van der Waals surface area contributed by atoms with E-state index in [2.05, 4.69) is 11.4 Å². The zero-order valence-corrected chi connectivity index (χ0v) is 19.8. The zero-order valence-electron chi connectivity index (χ0n) is 19.0. The van der Waals surface area contributed by atoms with Gasteiger partial charge in [0.15, 0.2) is 0 Å². The van der Waals surface area contributed by atoms with Gasteiger partial charge in [0.05, 0.1) is 16.9 Å². The fourth-order valence-corrected chi connectivity index (χ4v) is 5.46. The smallest absolute Gasteiger partial charge is 0.326 e. The predicted octanol–water partition coefficient (Wildman–Crippen LogP) is 1.48. The van der Waals surface area contributed by atoms with E-state index in [4.69, 9.17) is 5.73 Å². The molecule has 3 atom stereocenters. The van der Waals surface area contributed by atoms with E-state index in [1.54, 1.807) is 36.4 Å². The van der Waals surface area contributed by atoms with Crippen molar-refractivity contribution in [2.45, 2.75) is 50.1 Å². The molecule has 1 fully saturated rings. The molecule has 1 heterocycles. The van der Waals surface area contributed by atoms with Gasteiger partial charge in [-0.2, -0.15) is 9.57 Å². The lowest BCUT2D eigenvalue weighted by Gasteiger charge is -2.26. The average molecular weight is 485 g/mol. The third-order valence-electron chi connectivity index (χ3n) is 5.88. The third kappa shape index (κ3) is 5.44. The molecular weight excluding hydrogens is 456 g/mol. The van der Waals surface area contributed by atoms with Crippen LogP contribution in [0.4, 0.5) is 0 Å². The van der Waals surface area contributed by atoms with Gasteiger partial charge in [0.1, 0.15) is 12.1 Å². The second kappa shape index (κ2) is 10.3. The van der Waals surface area contributed by atoms with E-state index in [0.29, 0.717) is 11.1 Å². The molecule has 2 aromatic carbocycles. The Morgan fingerprint density at radius 1 is 1.21 bits per heavy atom. The Morgan fingerprint density at radius 2 is 1.85 bits per heavy atom. The molecule has 2 unspecified atom stereocenters. The first kappa shape index (κ1) is 25.4. The SMILES string of the molecule is CC(C)S(=O)(=O)N1C[C@H](N)CC1C(=O)NC(Cc1ccc(-c2ccccc2C#N)cc1)C(=O)O. The van der Waals surface area contributed by atoms with Crippen molar-refractivity contribution in [3.63, 3.8) is 0 Å². The van der Waals surface area contributed by atoms with Gasteiger partial charge < -0.3 is 16.2 Å². The zero-order chi connectivity index (χ0) is 25.0. The first-order valence-electron chi connectivity index (χ1n) is 10.9. The third-order valence-corrected chi connectivity index (χ3v) is 8.13. The van der Waals surface area contributed by atoms with Crippen molar-refractivity contribution in [1.82, 2.24) is 9.62 Å². The van der Waals surface area contributed by atoms with E-state index in [1.807, 2.05) is 12.1 Å². The van der Waals surface area contributed by atoms with Gasteiger partial charge in [0.25, 0.3) is 0 Å². The Bertz CT molecular complexity index is 1200. The summed E-state index contributed by atoms with van der Waals surface area (Å²) in [6.07, 6.45) is 0.133. The van der Waals surface area contributed by atoms with Crippen LogP contribution in [0, 0.1) is 11.3 Å². The van der Waals surface area contributed by atoms with Gasteiger partial charge in [-0.15, -0.1) is 0 Å². The summed E-state index contributed by atoms with van der Waals surface area (Å²) in [6.45, 7) is 3.06. The molecule has 0 bridgehead atoms. The quantitative estimate of drug-likeness (QED) is 0.513. The molecule has 34 heavy (non-hydrogen) atoms. The van der Waals surface area contributed by atoms with Crippen molar-refractivity contribution < 1.29 is 23.1 Å². The highest BCUT2D eigenvalue weighted by molar-refractivity contribution is 7.89. The standard InChI is InChI=1S/C24H28N4O5S/c1-15(2)34(32,33)28-14-19(26)12-22(28)23(29)27-21(24(30)31)11-16-7-9-17(10-8-16)20-6-4-3-5-18(20)13-25/h3-10,15,19,21-22H,11-12,14,26H2,1-2H3,(H,27,29)(H,30,31)/t19-,21?,22?/m1/s1. The molecule has 0 aromatic heterocycles. The largest absolute Gasteiger partial charge is 0.480 e. The van der Waals surface area contributed by atoms with Crippen molar-refractivity contribution >= 4 is 21.9 Å². The van der Waals surface area contributed by atoms with Crippen LogP contribution in [0.25, 0.3) is 11.1 Å². The molecule has 3 rings (SSSR count). The lowest BCUT2D eigenvalue weighted by molar-refractivity contribution is -0.142. The second-order valence-electron chi connectivity index (χ2n) is 8.63. The number of nitrogens with two attached hydrogens (primary N) is 1. The number of nitriles is 1. The Morgan fingerprint density at radius 3 is 2.44 bits per heavy atom. The van der Waals surface area contributed by atoms with Crippen LogP contribution in [-0.2, 0) is 26.0 Å². The van der Waals surface area contributed by atoms with Crippen molar-refractivity contribution in [3.8, 4) is 17.2 Å². The van der Waals surface area contributed by atoms with E-state index in [0.717, 1.165) is 15.4 Å². The highest BCUT2D eigenvalue weighted by Crippen LogP contribution is 2.25. The maximum atomic E-state index is 12.9. The summed E-state index contributed by atoms with van der Waals surface area (Å²) in [7, 11) is -3.73. The number of nitrogens with one attached hydrogen (secondary N) is 1. The van der Waals surface area contributed by atoms with Crippen molar-refractivity contribution in [3.05, 3.63) is 59.7 Å². The molecule has 1 amide bonds. The molecule has 0 aliphatic carbocycles. The highest BCUT2D eigenvalue weighted by Gasteiger charge is 2.43. The predicted molar refractivity (Wildman–Crippen MR) is 127 cm³/mol. The van der Waals surface area contributed by atoms with Gasteiger partial charge in [-0.1, -0.05) is 42.5 Å². The van der Waals surface area contributed by atoms with Crippen LogP contribution in [0.3, 0.4) is 0 Å². The molecule has 1 aliphatic rings. The summed E-state index contributed by atoms with van der Waals surface area (Å²) >= 11 is 0. The number of carboxylic acids is 1. The molecule has 1 aliphatic heterocycles. The molecular formula is C24H28N4O5S. The van der Waals surface area contributed by atoms with Crippen molar-refractivity contribution in [2.24, 2.45) is 5.73 Å². The minimum Gasteiger partial charge on any atom is -0.480 e. The molecule has 180 valence electrons. The Labute approximate surface area is 199 Å². The second-order valence-corrected chi connectivity index (χ2v) is 11.1. The minimum absolute atomic E-state index is 0.0109. The molecule has 0 saturated carbocycles. The van der Waals surface area contributed by atoms with E-state index < -0.39 is 45.3 Å². The molecule has 0 spiro atoms. The maximum Gasteiger partial charge on any atom is 0.326 e. The number of benzene rings is 2. The summed E-state index contributed by atoms with van der Waals surface area (Å²) in [4.78, 5) is 24.8. The first-order chi connectivity index (χ1) is 16.0. The van der Waals surface area contributed by atoms with Gasteiger partial charge in [0.2, 0.25) is 15.9 Å². The van der Waals surface area contributed by atoms with E-state index in [9.17, 15) is 28.4 Å². The maximum absolute atomic E-state index is 12.9. The summed E-state index contributed by atoms with van der Waals surface area (Å²) in [5.41, 5.74) is 8.70. The van der Waals surface area contributed by atoms with Crippen LogP contribution in [-0.4, -0.2) is 59.6 Å². The number of aliphatic carboxylic acids is 1. The van der Waals surface area contributed by atoms with Gasteiger partial charge in [0, 0.05) is 19.0 Å². The molecule has 2 aromatic rings. The van der Waals surface area contributed by atoms with Crippen molar-refractivity contribution in [2.75, 3.05) is 6.54 Å². The van der Waals surface area contributed by atoms with E-state index in [-0.39, 0.29) is 19.4 Å². The van der Waals surface area contributed by atoms with Crippen LogP contribution < -0.4 is 11.1 Å². The topological polar surface area (TPSA) is 154 Å². The number of carboxylic acid groups (broad SMARTS) is 1. The number of carbonyl (C=O) groups is 2. The Kier molecular flexibility index (Phi) is 7.71. The van der Waals surface area contributed by atoms with Gasteiger partial charge in [-0.25, -0.2) is 13.2 Å². The Hall–Kier alpha value is -3.26. The first-order valence-corrected chi connectivity index (χ1v) is 12.4. The monoisotopic (exact) mass is 484 g/mol. The number of hydrogen-bond acceptors (Lipinski definition) is 6. The normalized spacial score (nSPS) is 19.5. The van der Waals surface area contributed by atoms with Gasteiger partial charge in [-0.05, 0) is 43.0 Å². The molecule has 9 nitrogen and oxygen atoms in total. The van der Waals surface area contributed by atoms with E-state index in [1.165, 1.54) is 13.8 Å². The minimum atomic E-state index is -3.73. The lowest BCUT2D eigenvalue weighted by Crippen LogP contribution is -2.52. The van der Waals surface area contributed by atoms with Gasteiger partial charge >= 0.3 is 5.97 Å². The fourth-order valence-electron chi connectivity index (χ4n) is 3.98. The van der Waals surface area contributed by atoms with Gasteiger partial charge in [-0.3, -0.25) is 4.79 Å². The van der Waals surface area contributed by atoms with Crippen LogP contribution in [0.5, 0.6) is 0 Å². The number of carbonyl (C=O) groups excluding carboxylic acids is 1. The summed E-state index contributed by atoms with van der Waals surface area (Å²) in [6, 6.07) is 13.6. The summed E-state index contributed by atoms with van der Waals surface area (Å²) < 4.78 is 26.4. The van der Waals surface area contributed by atoms with Crippen LogP contribution >= 0.6 is 0 Å². The molecule has 10 heteroatoms. The summed E-state index contributed by atoms with van der Waals surface area (Å²) in [5.74, 6) is -1.91. The Balaban J connectivity index is 1.75. The average Bonchev–Trinajstić information content (AvgIpc) is 3.21. The lowest BCUT2D eigenvalue weighted by atomic mass is 9.97. The number of nitrogens with zero attached hydrogens (tertiary/aromatic N) is 2. The van der Waals surface area contributed by atoms with Crippen LogP contribution in [0.15, 0.2) is 48.5 Å². The molecule has 4 N–H and O–H groups in total. The highest BCUT2D eigenvalue weighted by atomic mass is 32.2. The molecule has 0 radical (unpaired) electrons. The van der Waals surface area contributed by atoms with Crippen LogP contribution in [0.2, 0.25) is 0 Å². The van der Waals surface area contributed by atoms with E-state index >= 15 is 0 Å². The number of sulfonamides is 1. The number of rotatable bonds is 8. The van der Waals surface area contributed by atoms with Crippen LogP contribution in [0.1, 0.15) is 31.4 Å². The fraction of sp³-hybridized carbons (Fsp3) is 0.375. The summed E-state index contributed by atoms with van der Waals surface area (Å²) in [5, 5.41) is 20.7. The number of amides is 1. The molecule has 1 saturated heterocycles. The van der Waals surface area contributed by atoms with Crippen molar-refractivity contribution in [1.29, 1.82) is 5.26 Å².